The predicted molar refractivity (Wildman–Crippen MR) is 191 cm³/mol. The summed E-state index contributed by atoms with van der Waals surface area (Å²) in [5.74, 6) is 1.53. The Morgan fingerprint density at radius 3 is 2.21 bits per heavy atom. The van der Waals surface area contributed by atoms with Crippen molar-refractivity contribution in [2.45, 2.75) is 93.4 Å². The van der Waals surface area contributed by atoms with Gasteiger partial charge in [0, 0.05) is 54.4 Å². The zero-order chi connectivity index (χ0) is 33.3. The number of pyridine rings is 1. The van der Waals surface area contributed by atoms with Crippen molar-refractivity contribution in [2.75, 3.05) is 0 Å². The van der Waals surface area contributed by atoms with Crippen molar-refractivity contribution in [3.63, 3.8) is 0 Å². The smallest absolute Gasteiger partial charge is 0.162 e. The number of fused-ring (bicyclic) bond motifs is 6. The van der Waals surface area contributed by atoms with E-state index in [2.05, 4.69) is 83.1 Å². The largest absolute Gasteiger partial charge is 0.512 e. The number of carbonyl (C=O) groups excluding carboxylic acids is 1. The van der Waals surface area contributed by atoms with Crippen LogP contribution in [-0.4, -0.2) is 15.9 Å². The molecule has 0 spiro atoms. The van der Waals surface area contributed by atoms with Crippen LogP contribution in [0.3, 0.4) is 0 Å². The maximum atomic E-state index is 11.7. The molecule has 1 N–H and O–H groups in total. The van der Waals surface area contributed by atoms with Crippen LogP contribution in [0.5, 0.6) is 0 Å². The van der Waals surface area contributed by atoms with Crippen LogP contribution in [0, 0.1) is 38.7 Å². The number of para-hydroxylation sites is 1. The van der Waals surface area contributed by atoms with Crippen molar-refractivity contribution in [3.05, 3.63) is 100 Å². The number of carbonyl (C=O) groups is 1. The van der Waals surface area contributed by atoms with Crippen LogP contribution in [0.15, 0.2) is 70.8 Å². The first-order valence-corrected chi connectivity index (χ1v) is 16.9. The molecule has 0 aliphatic heterocycles. The molecule has 6 rings (SSSR count). The summed E-state index contributed by atoms with van der Waals surface area (Å²) in [4.78, 5) is 16.8. The zero-order valence-electron chi connectivity index (χ0n) is 29.3. The Hall–Kier alpha value is -3.53. The van der Waals surface area contributed by atoms with Crippen LogP contribution in [0.2, 0.25) is 0 Å². The van der Waals surface area contributed by atoms with Crippen molar-refractivity contribution >= 4 is 27.7 Å². The minimum Gasteiger partial charge on any atom is -0.512 e. The molecule has 0 bridgehead atoms. The average Bonchev–Trinajstić information content (AvgIpc) is 3.51. The Bertz CT molecular complexity index is 1940. The molecule has 2 aromatic heterocycles. The summed E-state index contributed by atoms with van der Waals surface area (Å²) in [7, 11) is 0. The molecule has 4 nitrogen and oxygen atoms in total. The first-order valence-electron chi connectivity index (χ1n) is 16.9. The SMILES string of the molecule is CCC(CC)C(=O)/C=C(\O)C(CC)CC.Cc1cc(C)c2c(C)cc(-c3[c-]ccc4c3C(C)(C)c3c-4oc4ccccc34)nc2c1.[Ir]. The summed E-state index contributed by atoms with van der Waals surface area (Å²) >= 11 is 0. The van der Waals surface area contributed by atoms with Crippen LogP contribution in [-0.2, 0) is 30.3 Å². The van der Waals surface area contributed by atoms with Gasteiger partial charge in [0.05, 0.1) is 11.3 Å². The maximum Gasteiger partial charge on any atom is 0.162 e. The second kappa shape index (κ2) is 14.7. The predicted octanol–water partition coefficient (Wildman–Crippen LogP) is 11.5. The first-order chi connectivity index (χ1) is 22.0. The Kier molecular flexibility index (Phi) is 11.4. The monoisotopic (exact) mass is 807 g/mol. The van der Waals surface area contributed by atoms with Gasteiger partial charge < -0.3 is 9.52 Å². The van der Waals surface area contributed by atoms with Gasteiger partial charge in [0.1, 0.15) is 11.3 Å². The Morgan fingerprint density at radius 1 is 0.915 bits per heavy atom. The summed E-state index contributed by atoms with van der Waals surface area (Å²) in [6, 6.07) is 22.6. The molecule has 0 atom stereocenters. The number of aryl methyl sites for hydroxylation is 3. The molecule has 249 valence electrons. The number of aromatic nitrogens is 1. The van der Waals surface area contributed by atoms with Crippen LogP contribution in [0.1, 0.15) is 95.0 Å². The molecular formula is C42H48IrNO3-. The molecule has 0 amide bonds. The summed E-state index contributed by atoms with van der Waals surface area (Å²) in [6.07, 6.45) is 4.91. The number of ketones is 1. The second-order valence-corrected chi connectivity index (χ2v) is 13.4. The fraction of sp³-hybridized carbons (Fsp3) is 0.381. The molecule has 1 radical (unpaired) electrons. The van der Waals surface area contributed by atoms with Crippen molar-refractivity contribution in [1.29, 1.82) is 0 Å². The molecule has 1 aliphatic rings. The maximum absolute atomic E-state index is 11.7. The molecular weight excluding hydrogens is 759 g/mol. The van der Waals surface area contributed by atoms with Gasteiger partial charge in [0.25, 0.3) is 0 Å². The zero-order valence-corrected chi connectivity index (χ0v) is 31.7. The van der Waals surface area contributed by atoms with Gasteiger partial charge in [-0.1, -0.05) is 77.4 Å². The van der Waals surface area contributed by atoms with E-state index in [4.69, 9.17) is 9.40 Å². The Balaban J connectivity index is 0.000000269. The Morgan fingerprint density at radius 2 is 1.55 bits per heavy atom. The van der Waals surface area contributed by atoms with E-state index in [0.717, 1.165) is 59.4 Å². The van der Waals surface area contributed by atoms with E-state index in [9.17, 15) is 9.90 Å². The summed E-state index contributed by atoms with van der Waals surface area (Å²) in [6.45, 7) is 19.1. The van der Waals surface area contributed by atoms with Gasteiger partial charge in [0.2, 0.25) is 0 Å². The number of rotatable bonds is 8. The topological polar surface area (TPSA) is 63.3 Å². The van der Waals surface area contributed by atoms with E-state index in [0.29, 0.717) is 0 Å². The Labute approximate surface area is 294 Å². The standard InChI is InChI=1S/C29H24NO.C13H24O2.Ir/c1-16-13-17(2)25-18(3)15-22(30-23(25)14-16)19-10-8-11-21-26(19)29(4,5)27-20-9-6-7-12-24(20)31-28(21)27;1-5-10(6-2)12(14)9-13(15)11(7-3)8-4;/h6-9,11-15H,1-5H3;9-11,14H,5-8H2,1-4H3;/q-1;;/b;12-9-;. The van der Waals surface area contributed by atoms with Gasteiger partial charge in [-0.3, -0.25) is 9.78 Å². The van der Waals surface area contributed by atoms with Crippen LogP contribution < -0.4 is 0 Å². The van der Waals surface area contributed by atoms with Crippen LogP contribution in [0.25, 0.3) is 44.5 Å². The van der Waals surface area contributed by atoms with Crippen LogP contribution in [0.4, 0.5) is 0 Å². The fourth-order valence-electron chi connectivity index (χ4n) is 7.41. The molecule has 0 saturated heterocycles. The number of benzene rings is 3. The van der Waals surface area contributed by atoms with E-state index in [1.54, 1.807) is 0 Å². The molecule has 0 saturated carbocycles. The number of nitrogens with zero attached hydrogens (tertiary/aromatic N) is 1. The molecule has 0 fully saturated rings. The van der Waals surface area contributed by atoms with Crippen molar-refractivity contribution < 1.29 is 34.4 Å². The molecule has 3 aromatic carbocycles. The molecule has 5 heteroatoms. The number of hydrogen-bond donors (Lipinski definition) is 1. The van der Waals surface area contributed by atoms with Crippen molar-refractivity contribution in [2.24, 2.45) is 11.8 Å². The van der Waals surface area contributed by atoms with E-state index in [-0.39, 0.29) is 48.9 Å². The molecule has 1 aliphatic carbocycles. The number of aliphatic hydroxyl groups excluding tert-OH is 1. The molecule has 0 unspecified atom stereocenters. The second-order valence-electron chi connectivity index (χ2n) is 13.4. The van der Waals surface area contributed by atoms with Gasteiger partial charge in [-0.15, -0.1) is 29.3 Å². The molecule has 5 aromatic rings. The normalized spacial score (nSPS) is 13.4. The third-order valence-electron chi connectivity index (χ3n) is 9.87. The van der Waals surface area contributed by atoms with Gasteiger partial charge >= 0.3 is 0 Å². The first kappa shape index (κ1) is 36.3. The average molecular weight is 807 g/mol. The van der Waals surface area contributed by atoms with E-state index in [1.807, 2.05) is 39.8 Å². The molecule has 2 heterocycles. The van der Waals surface area contributed by atoms with E-state index < -0.39 is 0 Å². The summed E-state index contributed by atoms with van der Waals surface area (Å²) in [5.41, 5.74) is 11.3. The van der Waals surface area contributed by atoms with Crippen LogP contribution >= 0.6 is 0 Å². The molecule has 47 heavy (non-hydrogen) atoms. The summed E-state index contributed by atoms with van der Waals surface area (Å²) in [5, 5.41) is 12.2. The van der Waals surface area contributed by atoms with Crippen molar-refractivity contribution in [3.8, 4) is 22.6 Å². The number of allylic oxidation sites excluding steroid dienone is 2. The van der Waals surface area contributed by atoms with Gasteiger partial charge in [0.15, 0.2) is 5.78 Å². The fourth-order valence-corrected chi connectivity index (χ4v) is 7.41. The van der Waals surface area contributed by atoms with E-state index >= 15 is 0 Å². The number of aliphatic hydroxyl groups is 1. The van der Waals surface area contributed by atoms with Crippen molar-refractivity contribution in [1.82, 2.24) is 4.98 Å². The summed E-state index contributed by atoms with van der Waals surface area (Å²) < 4.78 is 6.35. The van der Waals surface area contributed by atoms with Gasteiger partial charge in [-0.2, -0.15) is 0 Å². The van der Waals surface area contributed by atoms with Gasteiger partial charge in [-0.25, -0.2) is 0 Å². The third-order valence-corrected chi connectivity index (χ3v) is 9.87. The minimum atomic E-state index is -0.197. The third kappa shape index (κ3) is 6.76. The number of hydrogen-bond acceptors (Lipinski definition) is 4. The van der Waals surface area contributed by atoms with Gasteiger partial charge in [-0.05, 0) is 86.4 Å². The quantitative estimate of drug-likeness (QED) is 0.0964. The minimum absolute atomic E-state index is 0. The number of furan rings is 1. The van der Waals surface area contributed by atoms with E-state index in [1.165, 1.54) is 44.7 Å².